The summed E-state index contributed by atoms with van der Waals surface area (Å²) in [6.45, 7) is 0. The maximum atomic E-state index is 6.10. The summed E-state index contributed by atoms with van der Waals surface area (Å²) >= 11 is 16.5. The number of furan rings is 1. The minimum absolute atomic E-state index is 0.0868. The van der Waals surface area contributed by atoms with E-state index < -0.39 is 0 Å². The predicted molar refractivity (Wildman–Crippen MR) is 81.7 cm³/mol. The Morgan fingerprint density at radius 1 is 1.32 bits per heavy atom. The summed E-state index contributed by atoms with van der Waals surface area (Å²) in [5.74, 6) is 1.17. The van der Waals surface area contributed by atoms with E-state index in [4.69, 9.17) is 33.4 Å². The molecule has 1 aromatic heterocycles. The lowest BCUT2D eigenvalue weighted by Crippen LogP contribution is -2.23. The van der Waals surface area contributed by atoms with Gasteiger partial charge in [0.05, 0.1) is 11.2 Å². The van der Waals surface area contributed by atoms with Gasteiger partial charge in [-0.1, -0.05) is 23.2 Å². The third-order valence-corrected chi connectivity index (χ3v) is 2.83. The molecule has 2 rings (SSSR count). The lowest BCUT2D eigenvalue weighted by atomic mass is 10.2. The molecule has 0 fully saturated rings. The smallest absolute Gasteiger partial charge is 0.184 e. The molecule has 0 amide bonds. The van der Waals surface area contributed by atoms with Crippen LogP contribution in [-0.2, 0) is 0 Å². The van der Waals surface area contributed by atoms with Crippen LogP contribution in [0.25, 0.3) is 11.3 Å². The minimum Gasteiger partial charge on any atom is -0.455 e. The number of nitrogens with two attached hydrogens (primary N) is 1. The molecule has 0 aliphatic heterocycles. The van der Waals surface area contributed by atoms with Crippen LogP contribution in [0.4, 0.5) is 0 Å². The van der Waals surface area contributed by atoms with Crippen LogP contribution < -0.4 is 11.2 Å². The SMILES string of the molecule is NC(=S)N/N=C\c1ccc(-c2ccc(Cl)cc2Cl)o1. The molecule has 0 aliphatic rings. The number of rotatable bonds is 3. The first-order valence-electron chi connectivity index (χ1n) is 5.20. The zero-order valence-electron chi connectivity index (χ0n) is 9.56. The van der Waals surface area contributed by atoms with Crippen LogP contribution in [0.15, 0.2) is 39.9 Å². The highest BCUT2D eigenvalue weighted by Gasteiger charge is 2.08. The summed E-state index contributed by atoms with van der Waals surface area (Å²) in [6, 6.07) is 8.73. The lowest BCUT2D eigenvalue weighted by molar-refractivity contribution is 0.574. The van der Waals surface area contributed by atoms with Gasteiger partial charge in [-0.15, -0.1) is 0 Å². The standard InChI is InChI=1S/C12H9Cl2N3OS/c13-7-1-3-9(10(14)5-7)11-4-2-8(18-11)6-16-17-12(15)19/h1-6H,(H3,15,17,19)/b16-6-. The van der Waals surface area contributed by atoms with Crippen LogP contribution in [0.5, 0.6) is 0 Å². The third kappa shape index (κ3) is 3.70. The first-order valence-corrected chi connectivity index (χ1v) is 6.36. The first-order chi connectivity index (χ1) is 9.06. The Labute approximate surface area is 125 Å². The average molecular weight is 314 g/mol. The molecule has 0 unspecified atom stereocenters. The fourth-order valence-corrected chi connectivity index (χ4v) is 1.97. The largest absolute Gasteiger partial charge is 0.455 e. The number of hydrogen-bond acceptors (Lipinski definition) is 3. The zero-order valence-corrected chi connectivity index (χ0v) is 11.9. The number of thiocarbonyl (C=S) groups is 1. The molecule has 98 valence electrons. The van der Waals surface area contributed by atoms with E-state index in [1.165, 1.54) is 6.21 Å². The van der Waals surface area contributed by atoms with E-state index in [9.17, 15) is 0 Å². The first kappa shape index (κ1) is 13.9. The number of halogens is 2. The van der Waals surface area contributed by atoms with E-state index in [2.05, 4.69) is 22.7 Å². The molecule has 0 bridgehead atoms. The summed E-state index contributed by atoms with van der Waals surface area (Å²) in [6.07, 6.45) is 1.46. The van der Waals surface area contributed by atoms with Crippen molar-refractivity contribution in [2.75, 3.05) is 0 Å². The number of hydrazone groups is 1. The van der Waals surface area contributed by atoms with E-state index in [0.29, 0.717) is 21.6 Å². The van der Waals surface area contributed by atoms with Crippen molar-refractivity contribution in [3.8, 4) is 11.3 Å². The van der Waals surface area contributed by atoms with Crippen molar-refractivity contribution in [2.24, 2.45) is 10.8 Å². The number of nitrogens with zero attached hydrogens (tertiary/aromatic N) is 1. The molecule has 1 heterocycles. The molecule has 7 heteroatoms. The highest BCUT2D eigenvalue weighted by Crippen LogP contribution is 2.31. The maximum Gasteiger partial charge on any atom is 0.184 e. The van der Waals surface area contributed by atoms with E-state index in [-0.39, 0.29) is 5.11 Å². The lowest BCUT2D eigenvalue weighted by Gasteiger charge is -2.00. The van der Waals surface area contributed by atoms with Gasteiger partial charge in [0.25, 0.3) is 0 Å². The molecular weight excluding hydrogens is 305 g/mol. The second-order valence-electron chi connectivity index (χ2n) is 3.56. The maximum absolute atomic E-state index is 6.10. The minimum atomic E-state index is 0.0868. The number of benzene rings is 1. The molecule has 19 heavy (non-hydrogen) atoms. The summed E-state index contributed by atoms with van der Waals surface area (Å²) in [4.78, 5) is 0. The van der Waals surface area contributed by atoms with Crippen molar-refractivity contribution in [3.63, 3.8) is 0 Å². The van der Waals surface area contributed by atoms with Crippen molar-refractivity contribution in [1.29, 1.82) is 0 Å². The Bertz CT molecular complexity index is 640. The normalized spacial score (nSPS) is 10.8. The Kier molecular flexibility index (Phi) is 4.42. The molecule has 0 spiro atoms. The second kappa shape index (κ2) is 6.06. The quantitative estimate of drug-likeness (QED) is 0.518. The van der Waals surface area contributed by atoms with Gasteiger partial charge < -0.3 is 10.2 Å². The molecule has 0 saturated carbocycles. The fraction of sp³-hybridized carbons (Fsp3) is 0. The van der Waals surface area contributed by atoms with Crippen LogP contribution >= 0.6 is 35.4 Å². The van der Waals surface area contributed by atoms with E-state index >= 15 is 0 Å². The number of hydrogen-bond donors (Lipinski definition) is 2. The second-order valence-corrected chi connectivity index (χ2v) is 4.84. The summed E-state index contributed by atoms with van der Waals surface area (Å²) in [5, 5.41) is 4.97. The Morgan fingerprint density at radius 2 is 2.11 bits per heavy atom. The molecule has 2 aromatic rings. The van der Waals surface area contributed by atoms with Crippen LogP contribution in [0.2, 0.25) is 10.0 Å². The molecule has 0 aliphatic carbocycles. The summed E-state index contributed by atoms with van der Waals surface area (Å²) in [5.41, 5.74) is 8.43. The van der Waals surface area contributed by atoms with Gasteiger partial charge in [-0.2, -0.15) is 5.10 Å². The summed E-state index contributed by atoms with van der Waals surface area (Å²) in [7, 11) is 0. The Balaban J connectivity index is 2.21. The Morgan fingerprint density at radius 3 is 2.79 bits per heavy atom. The highest BCUT2D eigenvalue weighted by atomic mass is 35.5. The van der Waals surface area contributed by atoms with Gasteiger partial charge in [-0.3, -0.25) is 5.43 Å². The molecule has 0 radical (unpaired) electrons. The molecule has 1 aromatic carbocycles. The van der Waals surface area contributed by atoms with Crippen molar-refractivity contribution < 1.29 is 4.42 Å². The molecule has 3 N–H and O–H groups in total. The van der Waals surface area contributed by atoms with Gasteiger partial charge in [-0.25, -0.2) is 0 Å². The predicted octanol–water partition coefficient (Wildman–Crippen LogP) is 3.42. The van der Waals surface area contributed by atoms with Crippen molar-refractivity contribution in [2.45, 2.75) is 0 Å². The number of nitrogens with one attached hydrogen (secondary N) is 1. The van der Waals surface area contributed by atoms with Crippen LogP contribution in [0.3, 0.4) is 0 Å². The van der Waals surface area contributed by atoms with Crippen LogP contribution in [-0.4, -0.2) is 11.3 Å². The van der Waals surface area contributed by atoms with E-state index in [1.807, 2.05) is 0 Å². The van der Waals surface area contributed by atoms with Crippen LogP contribution in [0, 0.1) is 0 Å². The average Bonchev–Trinajstić information content (AvgIpc) is 2.77. The van der Waals surface area contributed by atoms with Crippen molar-refractivity contribution in [3.05, 3.63) is 46.1 Å². The topological polar surface area (TPSA) is 63.5 Å². The van der Waals surface area contributed by atoms with Gasteiger partial charge in [0.2, 0.25) is 0 Å². The van der Waals surface area contributed by atoms with Gasteiger partial charge in [-0.05, 0) is 42.5 Å². The van der Waals surface area contributed by atoms with Gasteiger partial charge in [0, 0.05) is 10.6 Å². The summed E-state index contributed by atoms with van der Waals surface area (Å²) < 4.78 is 5.57. The van der Waals surface area contributed by atoms with Gasteiger partial charge in [0.1, 0.15) is 11.5 Å². The monoisotopic (exact) mass is 313 g/mol. The zero-order chi connectivity index (χ0) is 13.8. The van der Waals surface area contributed by atoms with Crippen molar-refractivity contribution >= 4 is 46.7 Å². The molecular formula is C12H9Cl2N3OS. The van der Waals surface area contributed by atoms with Gasteiger partial charge >= 0.3 is 0 Å². The fourth-order valence-electron chi connectivity index (χ4n) is 1.42. The highest BCUT2D eigenvalue weighted by molar-refractivity contribution is 7.80. The molecule has 0 atom stereocenters. The van der Waals surface area contributed by atoms with Crippen molar-refractivity contribution in [1.82, 2.24) is 5.43 Å². The van der Waals surface area contributed by atoms with Crippen LogP contribution in [0.1, 0.15) is 5.76 Å². The van der Waals surface area contributed by atoms with Gasteiger partial charge in [0.15, 0.2) is 5.11 Å². The molecule has 0 saturated heterocycles. The van der Waals surface area contributed by atoms with E-state index in [1.54, 1.807) is 30.3 Å². The Hall–Kier alpha value is -1.56. The van der Waals surface area contributed by atoms with E-state index in [0.717, 1.165) is 5.56 Å². The third-order valence-electron chi connectivity index (χ3n) is 2.19. The molecule has 4 nitrogen and oxygen atoms in total.